The van der Waals surface area contributed by atoms with Crippen molar-refractivity contribution in [1.29, 1.82) is 0 Å². The normalized spacial score (nSPS) is 10.7. The van der Waals surface area contributed by atoms with Gasteiger partial charge < -0.3 is 5.11 Å². The van der Waals surface area contributed by atoms with Gasteiger partial charge in [0, 0.05) is 12.2 Å². The number of aliphatic hydroxyl groups is 1. The molecule has 0 aromatic rings. The minimum Gasteiger partial charge on any atom is -0.359 e. The molecule has 5 nitrogen and oxygen atoms in total. The van der Waals surface area contributed by atoms with Gasteiger partial charge in [0.05, 0.1) is 18.1 Å². The average molecular weight is 202 g/mol. The Morgan fingerprint density at radius 1 is 1.23 bits per heavy atom. The number of nitrogens with zero attached hydrogens (tertiary/aromatic N) is 2. The van der Waals surface area contributed by atoms with E-state index >= 15 is 0 Å². The summed E-state index contributed by atoms with van der Waals surface area (Å²) in [5.74, 6) is 0.575. The van der Waals surface area contributed by atoms with Gasteiger partial charge in [-0.1, -0.05) is 0 Å². The van der Waals surface area contributed by atoms with E-state index in [1.54, 1.807) is 0 Å². The second-order valence-electron chi connectivity index (χ2n) is 1.99. The number of carbonyl (C=O) groups excluding carboxylic acids is 2. The molecule has 0 atom stereocenters. The maximum absolute atomic E-state index is 9.64. The first-order valence-electron chi connectivity index (χ1n) is 3.60. The minimum absolute atomic E-state index is 0.236. The average Bonchev–Trinajstić information content (AvgIpc) is 2.13. The number of aliphatic imine (C=N–C) groups is 2. The monoisotopic (exact) mass is 202 g/mol. The van der Waals surface area contributed by atoms with Gasteiger partial charge >= 0.3 is 0 Å². The van der Waals surface area contributed by atoms with Crippen molar-refractivity contribution < 1.29 is 14.7 Å². The molecule has 0 unspecified atom stereocenters. The summed E-state index contributed by atoms with van der Waals surface area (Å²) in [6, 6.07) is 0. The van der Waals surface area contributed by atoms with E-state index in [0.717, 1.165) is 0 Å². The van der Waals surface area contributed by atoms with Gasteiger partial charge in [-0.25, -0.2) is 19.6 Å². The second kappa shape index (κ2) is 9.03. The summed E-state index contributed by atoms with van der Waals surface area (Å²) < 4.78 is 0. The van der Waals surface area contributed by atoms with Gasteiger partial charge in [-0.3, -0.25) is 0 Å². The Labute approximate surface area is 79.2 Å². The molecule has 0 radical (unpaired) electrons. The fraction of sp³-hybridized carbons (Fsp3) is 0.571. The van der Waals surface area contributed by atoms with Crippen LogP contribution < -0.4 is 0 Å². The van der Waals surface area contributed by atoms with Crippen molar-refractivity contribution in [2.24, 2.45) is 9.98 Å². The first-order chi connectivity index (χ1) is 6.31. The molecule has 0 rings (SSSR count). The van der Waals surface area contributed by atoms with E-state index in [-0.39, 0.29) is 11.6 Å². The molecule has 1 N–H and O–H groups in total. The van der Waals surface area contributed by atoms with Gasteiger partial charge in [0.2, 0.25) is 12.2 Å². The van der Waals surface area contributed by atoms with Crippen LogP contribution in [0.2, 0.25) is 0 Å². The number of aliphatic hydroxyl groups excluding tert-OH is 1. The molecule has 0 amide bonds. The quantitative estimate of drug-likeness (QED) is 0.212. The van der Waals surface area contributed by atoms with Gasteiger partial charge in [-0.15, -0.1) is 0 Å². The lowest BCUT2D eigenvalue weighted by Crippen LogP contribution is -1.97. The maximum Gasteiger partial charge on any atom is 0.234 e. The Bertz CT molecular complexity index is 265. The predicted octanol–water partition coefficient (Wildman–Crippen LogP) is 0.201. The Hall–Kier alpha value is -1.06. The molecule has 0 saturated carbocycles. The zero-order valence-corrected chi connectivity index (χ0v) is 7.83. The standard InChI is InChI=1S/C7H10N2O3S/c10-5-8-2-1-7(12)13-4-3-9-6-11/h12-13H,1-4H2. The molecule has 0 heterocycles. The molecule has 0 aliphatic carbocycles. The minimum atomic E-state index is 0.236. The van der Waals surface area contributed by atoms with Crippen molar-refractivity contribution >= 4 is 28.6 Å². The highest BCUT2D eigenvalue weighted by molar-refractivity contribution is 7.98. The highest BCUT2D eigenvalue weighted by Gasteiger charge is 1.89. The topological polar surface area (TPSA) is 79.1 Å². The van der Waals surface area contributed by atoms with Crippen molar-refractivity contribution in [2.75, 3.05) is 18.8 Å². The maximum atomic E-state index is 9.64. The van der Waals surface area contributed by atoms with Crippen molar-refractivity contribution in [1.82, 2.24) is 0 Å². The molecular weight excluding hydrogens is 192 g/mol. The zero-order valence-electron chi connectivity index (χ0n) is 6.93. The van der Waals surface area contributed by atoms with Crippen LogP contribution in [-0.2, 0) is 9.59 Å². The molecule has 0 saturated heterocycles. The van der Waals surface area contributed by atoms with Gasteiger partial charge in [0.25, 0.3) is 0 Å². The van der Waals surface area contributed by atoms with E-state index in [1.165, 1.54) is 12.2 Å². The highest BCUT2D eigenvalue weighted by atomic mass is 32.1. The Balaban J connectivity index is 3.61. The van der Waals surface area contributed by atoms with Crippen LogP contribution in [0.1, 0.15) is 6.42 Å². The molecule has 0 spiro atoms. The van der Waals surface area contributed by atoms with Crippen LogP contribution in [0.5, 0.6) is 0 Å². The van der Waals surface area contributed by atoms with Crippen LogP contribution >= 0.6 is 11.4 Å². The van der Waals surface area contributed by atoms with Crippen LogP contribution in [0.15, 0.2) is 9.98 Å². The Kier molecular flexibility index (Phi) is 8.30. The zero-order chi connectivity index (χ0) is 9.94. The van der Waals surface area contributed by atoms with Crippen LogP contribution in [0.3, 0.4) is 0 Å². The molecule has 0 aromatic carbocycles. The number of hydrogen-bond acceptors (Lipinski definition) is 4. The van der Waals surface area contributed by atoms with E-state index < -0.39 is 0 Å². The molecule has 0 aromatic heterocycles. The van der Waals surface area contributed by atoms with E-state index in [9.17, 15) is 9.59 Å². The molecule has 0 bridgehead atoms. The Morgan fingerprint density at radius 2 is 1.85 bits per heavy atom. The molecular formula is C7H10N2O3S. The predicted molar refractivity (Wildman–Crippen MR) is 52.1 cm³/mol. The van der Waals surface area contributed by atoms with Gasteiger partial charge in [0.1, 0.15) is 0 Å². The van der Waals surface area contributed by atoms with E-state index in [2.05, 4.69) is 9.98 Å². The second-order valence-corrected chi connectivity index (χ2v) is 3.27. The summed E-state index contributed by atoms with van der Waals surface area (Å²) in [6.45, 7) is 0.603. The van der Waals surface area contributed by atoms with E-state index in [4.69, 9.17) is 5.11 Å². The first kappa shape index (κ1) is 11.9. The molecule has 0 aliphatic heterocycles. The van der Waals surface area contributed by atoms with E-state index in [1.807, 2.05) is 0 Å². The van der Waals surface area contributed by atoms with E-state index in [0.29, 0.717) is 30.1 Å². The molecule has 6 heteroatoms. The number of isocyanates is 2. The molecule has 0 fully saturated rings. The van der Waals surface area contributed by atoms with Crippen LogP contribution in [0.25, 0.3) is 0 Å². The third kappa shape index (κ3) is 8.85. The SMILES string of the molecule is O=C=NCC[SH]=C(O)CCN=C=O. The molecule has 0 aliphatic rings. The lowest BCUT2D eigenvalue weighted by Gasteiger charge is -1.94. The first-order valence-corrected chi connectivity index (χ1v) is 4.68. The largest absolute Gasteiger partial charge is 0.359 e. The number of rotatable bonds is 6. The Morgan fingerprint density at radius 3 is 2.46 bits per heavy atom. The van der Waals surface area contributed by atoms with Gasteiger partial charge in [0.15, 0.2) is 0 Å². The van der Waals surface area contributed by atoms with Crippen molar-refractivity contribution in [3.8, 4) is 0 Å². The van der Waals surface area contributed by atoms with Crippen LogP contribution in [-0.4, -0.2) is 41.2 Å². The van der Waals surface area contributed by atoms with Gasteiger partial charge in [-0.2, -0.15) is 11.4 Å². The third-order valence-corrected chi connectivity index (χ3v) is 2.09. The number of thiol groups is 1. The fourth-order valence-electron chi connectivity index (χ4n) is 0.555. The van der Waals surface area contributed by atoms with Crippen molar-refractivity contribution in [2.45, 2.75) is 6.42 Å². The summed E-state index contributed by atoms with van der Waals surface area (Å²) in [4.78, 5) is 25.9. The number of hydrogen-bond donors (Lipinski definition) is 2. The summed E-state index contributed by atoms with van der Waals surface area (Å²) in [6.07, 6.45) is 3.13. The molecule has 13 heavy (non-hydrogen) atoms. The van der Waals surface area contributed by atoms with Crippen molar-refractivity contribution in [3.63, 3.8) is 0 Å². The summed E-state index contributed by atoms with van der Waals surface area (Å²) in [5, 5.41) is 9.39. The smallest absolute Gasteiger partial charge is 0.234 e. The summed E-state index contributed by atoms with van der Waals surface area (Å²) in [7, 11) is 0. The fourth-order valence-corrected chi connectivity index (χ4v) is 1.27. The van der Waals surface area contributed by atoms with Crippen molar-refractivity contribution in [3.05, 3.63) is 0 Å². The molecule has 72 valence electrons. The lowest BCUT2D eigenvalue weighted by molar-refractivity contribution is 0.546. The third-order valence-electron chi connectivity index (χ3n) is 1.08. The summed E-state index contributed by atoms with van der Waals surface area (Å²) in [5.41, 5.74) is 0. The summed E-state index contributed by atoms with van der Waals surface area (Å²) >= 11 is 0.707. The highest BCUT2D eigenvalue weighted by Crippen LogP contribution is 1.93. The van der Waals surface area contributed by atoms with Crippen LogP contribution in [0.4, 0.5) is 0 Å². The van der Waals surface area contributed by atoms with Crippen LogP contribution in [0, 0.1) is 0 Å². The lowest BCUT2D eigenvalue weighted by atomic mass is 10.5. The van der Waals surface area contributed by atoms with Gasteiger partial charge in [-0.05, 0) is 0 Å².